The number of benzene rings is 3. The lowest BCUT2D eigenvalue weighted by Crippen LogP contribution is -2.38. The van der Waals surface area contributed by atoms with Crippen LogP contribution in [-0.4, -0.2) is 50.9 Å². The maximum Gasteiger partial charge on any atom is 0.250 e. The Morgan fingerprint density at radius 2 is 1.79 bits per heavy atom. The fraction of sp³-hybridized carbons (Fsp3) is 0.300. The van der Waals surface area contributed by atoms with Gasteiger partial charge in [-0.15, -0.1) is 0 Å². The summed E-state index contributed by atoms with van der Waals surface area (Å²) in [5.74, 6) is -1.05. The molecule has 3 aromatic carbocycles. The van der Waals surface area contributed by atoms with Crippen molar-refractivity contribution in [2.24, 2.45) is 5.73 Å². The number of H-pyrrole nitrogens is 1. The van der Waals surface area contributed by atoms with E-state index in [9.17, 15) is 26.0 Å². The van der Waals surface area contributed by atoms with E-state index in [-0.39, 0.29) is 23.1 Å². The molecule has 9 nitrogen and oxygen atoms in total. The van der Waals surface area contributed by atoms with Crippen LogP contribution in [0, 0.1) is 12.7 Å². The third-order valence-corrected chi connectivity index (χ3v) is 11.3. The van der Waals surface area contributed by atoms with Crippen molar-refractivity contribution in [3.8, 4) is 11.1 Å². The Kier molecular flexibility index (Phi) is 8.26. The highest BCUT2D eigenvalue weighted by molar-refractivity contribution is 7.89. The predicted molar refractivity (Wildman–Crippen MR) is 160 cm³/mol. The molecule has 1 aliphatic heterocycles. The Morgan fingerprint density at radius 1 is 1.05 bits per heavy atom. The fourth-order valence-corrected chi connectivity index (χ4v) is 7.96. The zero-order valence-corrected chi connectivity index (χ0v) is 25.0. The van der Waals surface area contributed by atoms with Gasteiger partial charge in [0.05, 0.1) is 21.7 Å². The molecule has 0 spiro atoms. The van der Waals surface area contributed by atoms with Gasteiger partial charge in [-0.2, -0.15) is 0 Å². The number of aromatic nitrogens is 1. The van der Waals surface area contributed by atoms with Gasteiger partial charge in [0.25, 0.3) is 5.91 Å². The Balaban J connectivity index is 1.44. The average Bonchev–Trinajstić information content (AvgIpc) is 3.41. The summed E-state index contributed by atoms with van der Waals surface area (Å²) in [6.07, 6.45) is 3.18. The van der Waals surface area contributed by atoms with Crippen molar-refractivity contribution in [3.05, 3.63) is 88.9 Å². The number of nitrogens with one attached hydrogen (secondary N) is 2. The highest BCUT2D eigenvalue weighted by Crippen LogP contribution is 2.37. The number of fused-ring (bicyclic) bond motifs is 1. The first-order chi connectivity index (χ1) is 19.9. The number of rotatable bonds is 9. The predicted octanol–water partition coefficient (Wildman–Crippen LogP) is 4.39. The molecular formula is C30H33FN4O5S2. The normalized spacial score (nSPS) is 15.3. The number of sulfonamides is 2. The summed E-state index contributed by atoms with van der Waals surface area (Å²) in [4.78, 5) is 15.5. The van der Waals surface area contributed by atoms with Crippen molar-refractivity contribution in [1.29, 1.82) is 0 Å². The largest absolute Gasteiger partial charge is 0.366 e. The summed E-state index contributed by atoms with van der Waals surface area (Å²) in [5.41, 5.74) is 10.3. The molecule has 42 heavy (non-hydrogen) atoms. The van der Waals surface area contributed by atoms with E-state index in [4.69, 9.17) is 5.73 Å². The first-order valence-electron chi connectivity index (χ1n) is 13.7. The number of primary amides is 1. The van der Waals surface area contributed by atoms with E-state index >= 15 is 0 Å². The van der Waals surface area contributed by atoms with E-state index in [0.29, 0.717) is 48.1 Å². The number of hydrogen-bond acceptors (Lipinski definition) is 5. The van der Waals surface area contributed by atoms with Crippen LogP contribution in [0.3, 0.4) is 0 Å². The maximum atomic E-state index is 13.7. The molecule has 4 aromatic rings. The molecule has 1 amide bonds. The summed E-state index contributed by atoms with van der Waals surface area (Å²) < 4.78 is 68.2. The summed E-state index contributed by atoms with van der Waals surface area (Å²) in [6, 6.07) is 14.6. The highest BCUT2D eigenvalue weighted by atomic mass is 32.2. The van der Waals surface area contributed by atoms with Crippen LogP contribution in [-0.2, 0) is 26.6 Å². The molecule has 0 aliphatic carbocycles. The highest BCUT2D eigenvalue weighted by Gasteiger charge is 2.29. The number of piperidine rings is 1. The number of halogens is 1. The monoisotopic (exact) mass is 612 g/mol. The number of hydrogen-bond donors (Lipinski definition) is 3. The van der Waals surface area contributed by atoms with Crippen molar-refractivity contribution >= 4 is 36.9 Å². The number of carbonyl (C=O) groups excluding carboxylic acids is 1. The first-order valence-corrected chi connectivity index (χ1v) is 16.8. The SMILES string of the molecule is CCS(=O)(=O)N1CCC(c2c[nH]c3c(C(N)=O)cc(-c4cccc(CNS(=O)(=O)c5cc(F)ccc5C)c4)cc23)CC1. The molecule has 222 valence electrons. The number of nitrogens with two attached hydrogens (primary N) is 1. The van der Waals surface area contributed by atoms with Crippen LogP contribution in [0.1, 0.15) is 52.7 Å². The molecule has 0 radical (unpaired) electrons. The van der Waals surface area contributed by atoms with Crippen molar-refractivity contribution in [3.63, 3.8) is 0 Å². The first kappa shape index (κ1) is 29.9. The van der Waals surface area contributed by atoms with Crippen LogP contribution in [0.25, 0.3) is 22.0 Å². The van der Waals surface area contributed by atoms with Crippen LogP contribution in [0.2, 0.25) is 0 Å². The summed E-state index contributed by atoms with van der Waals surface area (Å²) in [6.45, 7) is 4.09. The summed E-state index contributed by atoms with van der Waals surface area (Å²) in [7, 11) is -7.21. The van der Waals surface area contributed by atoms with Crippen molar-refractivity contribution < 1.29 is 26.0 Å². The standard InChI is InChI=1S/C30H33FN4O5S2/c1-3-41(37,38)35-11-9-21(10-12-35)27-18-33-29-25(27)14-23(15-26(29)30(32)36)22-6-4-5-20(13-22)17-34-42(39,40)28-16-24(31)8-7-19(28)2/h4-8,13-16,18,21,33-34H,3,9-12,17H2,1-2H3,(H2,32,36). The van der Waals surface area contributed by atoms with Gasteiger partial charge >= 0.3 is 0 Å². The minimum atomic E-state index is -3.96. The van der Waals surface area contributed by atoms with Crippen LogP contribution in [0.5, 0.6) is 0 Å². The molecule has 2 heterocycles. The molecule has 12 heteroatoms. The van der Waals surface area contributed by atoms with Gasteiger partial charge in [-0.3, -0.25) is 4.79 Å². The summed E-state index contributed by atoms with van der Waals surface area (Å²) in [5, 5.41) is 0.839. The lowest BCUT2D eigenvalue weighted by atomic mass is 9.88. The van der Waals surface area contributed by atoms with E-state index in [1.54, 1.807) is 32.0 Å². The Hall–Kier alpha value is -3.58. The van der Waals surface area contributed by atoms with E-state index in [1.807, 2.05) is 24.4 Å². The van der Waals surface area contributed by atoms with E-state index in [1.165, 1.54) is 16.4 Å². The van der Waals surface area contributed by atoms with Gasteiger partial charge in [0, 0.05) is 31.2 Å². The van der Waals surface area contributed by atoms with E-state index in [2.05, 4.69) is 9.71 Å². The zero-order valence-electron chi connectivity index (χ0n) is 23.4. The summed E-state index contributed by atoms with van der Waals surface area (Å²) >= 11 is 0. The van der Waals surface area contributed by atoms with Crippen LogP contribution in [0.4, 0.5) is 4.39 Å². The second-order valence-electron chi connectivity index (χ2n) is 10.6. The minimum absolute atomic E-state index is 0.0221. The van der Waals surface area contributed by atoms with E-state index in [0.717, 1.165) is 28.1 Å². The number of carbonyl (C=O) groups is 1. The molecule has 0 atom stereocenters. The van der Waals surface area contributed by atoms with Crippen LogP contribution >= 0.6 is 0 Å². The van der Waals surface area contributed by atoms with Gasteiger partial charge in [-0.1, -0.05) is 24.3 Å². The van der Waals surface area contributed by atoms with E-state index < -0.39 is 31.8 Å². The topological polar surface area (TPSA) is 142 Å². The maximum absolute atomic E-state index is 13.7. The lowest BCUT2D eigenvalue weighted by molar-refractivity contribution is 0.100. The lowest BCUT2D eigenvalue weighted by Gasteiger charge is -2.31. The molecule has 1 aromatic heterocycles. The van der Waals surface area contributed by atoms with Gasteiger partial charge in [0.1, 0.15) is 5.82 Å². The Labute approximate surface area is 245 Å². The molecule has 0 bridgehead atoms. The van der Waals surface area contributed by atoms with Gasteiger partial charge in [0.2, 0.25) is 20.0 Å². The molecule has 0 unspecified atom stereocenters. The molecular weight excluding hydrogens is 579 g/mol. The smallest absolute Gasteiger partial charge is 0.250 e. The third kappa shape index (κ3) is 5.98. The number of aromatic amines is 1. The quantitative estimate of drug-likeness (QED) is 0.257. The minimum Gasteiger partial charge on any atom is -0.366 e. The second-order valence-corrected chi connectivity index (χ2v) is 14.6. The molecule has 4 N–H and O–H groups in total. The second kappa shape index (κ2) is 11.6. The van der Waals surface area contributed by atoms with Gasteiger partial charge in [-0.05, 0) is 90.8 Å². The van der Waals surface area contributed by atoms with Gasteiger partial charge in [-0.25, -0.2) is 30.3 Å². The molecule has 1 fully saturated rings. The molecule has 5 rings (SSSR count). The van der Waals surface area contributed by atoms with Crippen LogP contribution < -0.4 is 10.5 Å². The average molecular weight is 613 g/mol. The number of amides is 1. The van der Waals surface area contributed by atoms with Crippen molar-refractivity contribution in [2.45, 2.75) is 44.0 Å². The van der Waals surface area contributed by atoms with Crippen molar-refractivity contribution in [1.82, 2.24) is 14.0 Å². The van der Waals surface area contributed by atoms with Crippen molar-refractivity contribution in [2.75, 3.05) is 18.8 Å². The molecule has 1 aliphatic rings. The van der Waals surface area contributed by atoms with Crippen LogP contribution in [0.15, 0.2) is 65.7 Å². The fourth-order valence-electron chi connectivity index (χ4n) is 5.56. The van der Waals surface area contributed by atoms with Gasteiger partial charge < -0.3 is 10.7 Å². The number of nitrogens with zero attached hydrogens (tertiary/aromatic N) is 1. The Morgan fingerprint density at radius 3 is 2.48 bits per heavy atom. The molecule has 0 saturated carbocycles. The Bertz CT molecular complexity index is 1880. The molecule has 1 saturated heterocycles. The third-order valence-electron chi connectivity index (χ3n) is 7.91. The van der Waals surface area contributed by atoms with Gasteiger partial charge in [0.15, 0.2) is 0 Å². The zero-order chi connectivity index (χ0) is 30.2. The number of aryl methyl sites for hydroxylation is 1.